The Balaban J connectivity index is 0. The van der Waals surface area contributed by atoms with Crippen molar-refractivity contribution < 1.29 is 37.4 Å². The van der Waals surface area contributed by atoms with Crippen LogP contribution in [0.3, 0.4) is 0 Å². The van der Waals surface area contributed by atoms with Gasteiger partial charge in [-0.2, -0.15) is 5.10 Å². The summed E-state index contributed by atoms with van der Waals surface area (Å²) >= 11 is 0. The van der Waals surface area contributed by atoms with Gasteiger partial charge >= 0.3 is 0 Å². The average molecular weight is 406 g/mol. The second-order valence-corrected chi connectivity index (χ2v) is 4.66. The summed E-state index contributed by atoms with van der Waals surface area (Å²) in [7, 11) is 0. The molecule has 0 fully saturated rings. The van der Waals surface area contributed by atoms with Gasteiger partial charge in [0.2, 0.25) is 0 Å². The van der Waals surface area contributed by atoms with Crippen molar-refractivity contribution in [2.24, 2.45) is 0 Å². The average Bonchev–Trinajstić information content (AvgIpc) is 2.54. The third-order valence-electron chi connectivity index (χ3n) is 3.28. The van der Waals surface area contributed by atoms with Crippen molar-refractivity contribution in [1.29, 1.82) is 0 Å². The molecular weight excluding hydrogens is 377 g/mol. The van der Waals surface area contributed by atoms with Gasteiger partial charge in [0.15, 0.2) is 5.75 Å². The van der Waals surface area contributed by atoms with Crippen molar-refractivity contribution in [2.75, 3.05) is 6.61 Å². The summed E-state index contributed by atoms with van der Waals surface area (Å²) in [6, 6.07) is 7.85. The quantitative estimate of drug-likeness (QED) is 0.706. The number of nitrogens with zero attached hydrogens (tertiary/aromatic N) is 2. The second-order valence-electron chi connectivity index (χ2n) is 4.66. The molecule has 131 valence electrons. The summed E-state index contributed by atoms with van der Waals surface area (Å²) in [4.78, 5) is 12.6. The molecule has 1 heterocycles. The van der Waals surface area contributed by atoms with E-state index in [1.54, 1.807) is 0 Å². The first kappa shape index (κ1) is 25.2. The van der Waals surface area contributed by atoms with Crippen LogP contribution in [0.2, 0.25) is 0 Å². The zero-order chi connectivity index (χ0) is 16.7. The normalized spacial score (nSPS) is 9.08. The molecule has 5 heteroatoms. The molecule has 0 saturated heterocycles. The molecule has 0 saturated carbocycles. The van der Waals surface area contributed by atoms with Crippen LogP contribution in [0.5, 0.6) is 5.75 Å². The van der Waals surface area contributed by atoms with Crippen molar-refractivity contribution in [1.82, 2.24) is 9.78 Å². The summed E-state index contributed by atoms with van der Waals surface area (Å²) in [5, 5.41) is 4.30. The number of ether oxygens (including phenoxy) is 1. The molecule has 1 aromatic carbocycles. The van der Waals surface area contributed by atoms with E-state index in [0.717, 1.165) is 16.8 Å². The summed E-state index contributed by atoms with van der Waals surface area (Å²) < 4.78 is 7.17. The van der Waals surface area contributed by atoms with E-state index < -0.39 is 0 Å². The number of aromatic nitrogens is 2. The van der Waals surface area contributed by atoms with Crippen molar-refractivity contribution >= 4 is 0 Å². The molecule has 0 bridgehead atoms. The van der Waals surface area contributed by atoms with E-state index in [4.69, 9.17) is 4.74 Å². The summed E-state index contributed by atoms with van der Waals surface area (Å²) in [5.41, 5.74) is 3.22. The molecule has 2 aromatic rings. The molecule has 0 aliphatic rings. The van der Waals surface area contributed by atoms with Gasteiger partial charge in [-0.15, -0.1) is 0 Å². The molecule has 0 aliphatic heterocycles. The molecule has 4 nitrogen and oxygen atoms in total. The predicted octanol–water partition coefficient (Wildman–Crippen LogP) is 4.42. The second kappa shape index (κ2) is 12.4. The van der Waals surface area contributed by atoms with E-state index in [-0.39, 0.29) is 45.7 Å². The number of benzene rings is 1. The van der Waals surface area contributed by atoms with E-state index in [1.165, 1.54) is 4.68 Å². The Bertz CT molecular complexity index is 682. The van der Waals surface area contributed by atoms with Gasteiger partial charge in [0.05, 0.1) is 12.2 Å². The maximum absolute atomic E-state index is 12.6. The Morgan fingerprint density at radius 1 is 1.12 bits per heavy atom. The number of hydrogen-bond donors (Lipinski definition) is 0. The summed E-state index contributed by atoms with van der Waals surface area (Å²) in [6.07, 6.45) is 0. The fraction of sp³-hybridized carbons (Fsp3) is 0.421. The fourth-order valence-corrected chi connectivity index (χ4v) is 2.31. The van der Waals surface area contributed by atoms with E-state index in [2.05, 4.69) is 5.10 Å². The van der Waals surface area contributed by atoms with Crippen LogP contribution in [0.25, 0.3) is 11.1 Å². The largest absolute Gasteiger partial charge is 0.491 e. The van der Waals surface area contributed by atoms with Crippen LogP contribution in [0.4, 0.5) is 0 Å². The van der Waals surface area contributed by atoms with Crippen molar-refractivity contribution in [3.05, 3.63) is 53.3 Å². The number of aryl methyl sites for hydroxylation is 3. The minimum atomic E-state index is -0.101. The summed E-state index contributed by atoms with van der Waals surface area (Å²) in [6.45, 7) is 12.7. The van der Waals surface area contributed by atoms with E-state index in [0.29, 0.717) is 24.5 Å². The Kier molecular flexibility index (Phi) is 13.0. The first-order valence-corrected chi connectivity index (χ1v) is 7.90. The topological polar surface area (TPSA) is 44.1 Å². The van der Waals surface area contributed by atoms with Crippen LogP contribution in [0.1, 0.15) is 39.0 Å². The SMILES string of the molecule is CC.CCOc1c(C)nn(CC)c(=O)c1-c1ccccc1C.[CH3-].[Y]. The smallest absolute Gasteiger partial charge is 0.278 e. The molecule has 1 radical (unpaired) electrons. The standard InChI is InChI=1S/C16H20N2O2.C2H6.CH3.Y/c1-5-18-16(19)14(13-10-8-7-9-11(13)3)15(20-6-2)12(4)17-18;1-2;;/h7-10H,5-6H2,1-4H3;1-2H3;1H3;/q;;-1;. The molecule has 0 N–H and O–H groups in total. The third kappa shape index (κ3) is 5.52. The predicted molar refractivity (Wildman–Crippen MR) is 98.0 cm³/mol. The van der Waals surface area contributed by atoms with Crippen LogP contribution in [0, 0.1) is 21.3 Å². The summed E-state index contributed by atoms with van der Waals surface area (Å²) in [5.74, 6) is 0.594. The molecule has 0 unspecified atom stereocenters. The van der Waals surface area contributed by atoms with E-state index in [9.17, 15) is 4.79 Å². The zero-order valence-corrected chi connectivity index (χ0v) is 18.9. The maximum Gasteiger partial charge on any atom is 0.278 e. The van der Waals surface area contributed by atoms with Crippen molar-refractivity contribution in [3.8, 4) is 16.9 Å². The van der Waals surface area contributed by atoms with Gasteiger partial charge in [-0.05, 0) is 38.8 Å². The molecule has 24 heavy (non-hydrogen) atoms. The Morgan fingerprint density at radius 3 is 2.21 bits per heavy atom. The van der Waals surface area contributed by atoms with Gasteiger partial charge in [0, 0.05) is 39.3 Å². The first-order chi connectivity index (χ1) is 10.6. The maximum atomic E-state index is 12.6. The van der Waals surface area contributed by atoms with Gasteiger partial charge in [0.25, 0.3) is 5.56 Å². The van der Waals surface area contributed by atoms with E-state index in [1.807, 2.05) is 65.8 Å². The number of rotatable bonds is 4. The van der Waals surface area contributed by atoms with Crippen molar-refractivity contribution in [2.45, 2.75) is 48.1 Å². The molecular formula is C19H29N2O2Y-. The van der Waals surface area contributed by atoms with Gasteiger partial charge in [-0.3, -0.25) is 4.79 Å². The van der Waals surface area contributed by atoms with Gasteiger partial charge in [-0.1, -0.05) is 38.1 Å². The molecule has 1 aromatic heterocycles. The monoisotopic (exact) mass is 406 g/mol. The first-order valence-electron chi connectivity index (χ1n) is 7.90. The molecule has 0 aliphatic carbocycles. The van der Waals surface area contributed by atoms with Crippen LogP contribution < -0.4 is 10.3 Å². The molecule has 0 spiro atoms. The van der Waals surface area contributed by atoms with Gasteiger partial charge < -0.3 is 12.2 Å². The van der Waals surface area contributed by atoms with Crippen LogP contribution in [-0.2, 0) is 39.3 Å². The molecule has 0 atom stereocenters. The van der Waals surface area contributed by atoms with Crippen LogP contribution in [0.15, 0.2) is 29.1 Å². The fourth-order valence-electron chi connectivity index (χ4n) is 2.31. The minimum Gasteiger partial charge on any atom is -0.491 e. The third-order valence-corrected chi connectivity index (χ3v) is 3.28. The van der Waals surface area contributed by atoms with Gasteiger partial charge in [0.1, 0.15) is 5.69 Å². The number of hydrogen-bond acceptors (Lipinski definition) is 3. The van der Waals surface area contributed by atoms with Crippen LogP contribution in [-0.4, -0.2) is 16.4 Å². The van der Waals surface area contributed by atoms with E-state index >= 15 is 0 Å². The molecule has 2 rings (SSSR count). The Morgan fingerprint density at radius 2 is 1.71 bits per heavy atom. The zero-order valence-electron chi connectivity index (χ0n) is 16.0. The van der Waals surface area contributed by atoms with Crippen LogP contribution >= 0.6 is 0 Å². The minimum absolute atomic E-state index is 0. The Hall–Kier alpha value is -0.996. The Labute approximate surface area is 171 Å². The molecule has 0 amide bonds. The van der Waals surface area contributed by atoms with Gasteiger partial charge in [-0.25, -0.2) is 4.68 Å². The van der Waals surface area contributed by atoms with Crippen molar-refractivity contribution in [3.63, 3.8) is 0 Å².